The number of hydrogen-bond acceptors (Lipinski definition) is 0. The standard InChI is InChI=1S/C22H15B/c23-22-14-20(16-6-2-1-3-7-16)13-21(15-22)19-11-10-17-8-4-5-9-18(17)12-19/h1-15H. The summed E-state index contributed by atoms with van der Waals surface area (Å²) in [5.74, 6) is 0. The highest BCUT2D eigenvalue weighted by molar-refractivity contribution is 6.33. The van der Waals surface area contributed by atoms with Crippen LogP contribution in [-0.2, 0) is 0 Å². The van der Waals surface area contributed by atoms with Crippen LogP contribution < -0.4 is 5.46 Å². The summed E-state index contributed by atoms with van der Waals surface area (Å²) in [5, 5.41) is 2.50. The highest BCUT2D eigenvalue weighted by atomic mass is 14.1. The van der Waals surface area contributed by atoms with E-state index >= 15 is 0 Å². The molecule has 0 atom stereocenters. The van der Waals surface area contributed by atoms with Crippen LogP contribution >= 0.6 is 0 Å². The van der Waals surface area contributed by atoms with Gasteiger partial charge in [0.25, 0.3) is 0 Å². The minimum Gasteiger partial charge on any atom is -0.0955 e. The lowest BCUT2D eigenvalue weighted by molar-refractivity contribution is 1.62. The molecule has 4 rings (SSSR count). The molecule has 0 aliphatic carbocycles. The molecule has 4 aromatic carbocycles. The Morgan fingerprint density at radius 2 is 1.09 bits per heavy atom. The molecule has 0 heterocycles. The highest BCUT2D eigenvalue weighted by Gasteiger charge is 2.04. The van der Waals surface area contributed by atoms with Gasteiger partial charge in [0.2, 0.25) is 0 Å². The molecule has 2 radical (unpaired) electrons. The van der Waals surface area contributed by atoms with E-state index in [4.69, 9.17) is 7.85 Å². The Morgan fingerprint density at radius 1 is 0.435 bits per heavy atom. The molecular weight excluding hydrogens is 275 g/mol. The van der Waals surface area contributed by atoms with E-state index in [2.05, 4.69) is 60.7 Å². The zero-order valence-electron chi connectivity index (χ0n) is 12.7. The van der Waals surface area contributed by atoms with Crippen LogP contribution in [0.2, 0.25) is 0 Å². The average Bonchev–Trinajstić information content (AvgIpc) is 2.61. The molecule has 106 valence electrons. The molecule has 0 nitrogen and oxygen atoms in total. The first-order chi connectivity index (χ1) is 11.3. The number of benzene rings is 4. The molecule has 0 bridgehead atoms. The van der Waals surface area contributed by atoms with E-state index < -0.39 is 0 Å². The van der Waals surface area contributed by atoms with Gasteiger partial charge in [-0.05, 0) is 45.2 Å². The van der Waals surface area contributed by atoms with Crippen molar-refractivity contribution in [3.05, 3.63) is 91.0 Å². The lowest BCUT2D eigenvalue weighted by atomic mass is 9.88. The van der Waals surface area contributed by atoms with Crippen LogP contribution in [0.4, 0.5) is 0 Å². The Labute approximate surface area is 137 Å². The summed E-state index contributed by atoms with van der Waals surface area (Å²) in [6.45, 7) is 0. The molecule has 0 saturated carbocycles. The summed E-state index contributed by atoms with van der Waals surface area (Å²) >= 11 is 0. The summed E-state index contributed by atoms with van der Waals surface area (Å²) in [5.41, 5.74) is 5.45. The molecule has 0 unspecified atom stereocenters. The molecule has 0 fully saturated rings. The molecule has 0 N–H and O–H groups in total. The maximum atomic E-state index is 6.15. The van der Waals surface area contributed by atoms with Crippen molar-refractivity contribution in [2.24, 2.45) is 0 Å². The van der Waals surface area contributed by atoms with Crippen molar-refractivity contribution in [2.75, 3.05) is 0 Å². The minimum atomic E-state index is 0.787. The van der Waals surface area contributed by atoms with Gasteiger partial charge in [0.1, 0.15) is 7.85 Å². The molecule has 0 amide bonds. The summed E-state index contributed by atoms with van der Waals surface area (Å²) in [7, 11) is 6.15. The summed E-state index contributed by atoms with van der Waals surface area (Å²) in [6, 6.07) is 31.6. The highest BCUT2D eigenvalue weighted by Crippen LogP contribution is 2.27. The summed E-state index contributed by atoms with van der Waals surface area (Å²) in [4.78, 5) is 0. The van der Waals surface area contributed by atoms with Gasteiger partial charge in [-0.3, -0.25) is 0 Å². The molecule has 0 aromatic heterocycles. The van der Waals surface area contributed by atoms with Gasteiger partial charge in [0.15, 0.2) is 0 Å². The van der Waals surface area contributed by atoms with Crippen LogP contribution in [-0.4, -0.2) is 7.85 Å². The SMILES string of the molecule is [B]c1cc(-c2ccccc2)cc(-c2ccc3ccccc3c2)c1. The average molecular weight is 290 g/mol. The normalized spacial score (nSPS) is 10.8. The van der Waals surface area contributed by atoms with Crippen molar-refractivity contribution in [3.8, 4) is 22.3 Å². The van der Waals surface area contributed by atoms with Crippen molar-refractivity contribution in [2.45, 2.75) is 0 Å². The van der Waals surface area contributed by atoms with E-state index in [1.54, 1.807) is 0 Å². The van der Waals surface area contributed by atoms with E-state index in [0.29, 0.717) is 0 Å². The van der Waals surface area contributed by atoms with E-state index in [0.717, 1.165) is 16.6 Å². The van der Waals surface area contributed by atoms with Crippen molar-refractivity contribution < 1.29 is 0 Å². The first-order valence-electron chi connectivity index (χ1n) is 7.75. The van der Waals surface area contributed by atoms with Gasteiger partial charge in [-0.25, -0.2) is 0 Å². The fraction of sp³-hybridized carbons (Fsp3) is 0. The molecule has 23 heavy (non-hydrogen) atoms. The second-order valence-corrected chi connectivity index (χ2v) is 5.77. The zero-order valence-corrected chi connectivity index (χ0v) is 12.7. The van der Waals surface area contributed by atoms with Crippen LogP contribution in [0.1, 0.15) is 0 Å². The quantitative estimate of drug-likeness (QED) is 0.457. The first kappa shape index (κ1) is 13.8. The smallest absolute Gasteiger partial charge is 0.0955 e. The van der Waals surface area contributed by atoms with Crippen LogP contribution in [0.25, 0.3) is 33.0 Å². The van der Waals surface area contributed by atoms with Gasteiger partial charge < -0.3 is 0 Å². The van der Waals surface area contributed by atoms with Gasteiger partial charge >= 0.3 is 0 Å². The number of fused-ring (bicyclic) bond motifs is 1. The van der Waals surface area contributed by atoms with E-state index in [1.165, 1.54) is 21.9 Å². The van der Waals surface area contributed by atoms with Crippen LogP contribution in [0.3, 0.4) is 0 Å². The van der Waals surface area contributed by atoms with Crippen LogP contribution in [0.15, 0.2) is 91.0 Å². The third kappa shape index (κ3) is 2.78. The van der Waals surface area contributed by atoms with Gasteiger partial charge in [-0.2, -0.15) is 0 Å². The second kappa shape index (κ2) is 5.77. The molecular formula is C22H15B. The summed E-state index contributed by atoms with van der Waals surface area (Å²) < 4.78 is 0. The predicted molar refractivity (Wildman–Crippen MR) is 100 cm³/mol. The van der Waals surface area contributed by atoms with Gasteiger partial charge in [0.05, 0.1) is 0 Å². The third-order valence-corrected chi connectivity index (χ3v) is 4.15. The monoisotopic (exact) mass is 290 g/mol. The zero-order chi connectivity index (χ0) is 15.6. The Balaban J connectivity index is 1.86. The maximum Gasteiger partial charge on any atom is 0.113 e. The van der Waals surface area contributed by atoms with Crippen molar-refractivity contribution in [1.82, 2.24) is 0 Å². The Kier molecular flexibility index (Phi) is 3.47. The first-order valence-corrected chi connectivity index (χ1v) is 7.75. The van der Waals surface area contributed by atoms with Gasteiger partial charge in [-0.1, -0.05) is 84.3 Å². The number of hydrogen-bond donors (Lipinski definition) is 0. The number of rotatable bonds is 2. The van der Waals surface area contributed by atoms with Gasteiger partial charge in [-0.15, -0.1) is 0 Å². The van der Waals surface area contributed by atoms with E-state index in [-0.39, 0.29) is 0 Å². The minimum absolute atomic E-state index is 0.787. The van der Waals surface area contributed by atoms with Crippen molar-refractivity contribution >= 4 is 24.1 Å². The lowest BCUT2D eigenvalue weighted by Crippen LogP contribution is -2.02. The molecule has 1 heteroatoms. The fourth-order valence-electron chi connectivity index (χ4n) is 2.98. The Hall–Kier alpha value is -2.80. The van der Waals surface area contributed by atoms with Gasteiger partial charge in [0, 0.05) is 0 Å². The second-order valence-electron chi connectivity index (χ2n) is 5.77. The largest absolute Gasteiger partial charge is 0.113 e. The fourth-order valence-corrected chi connectivity index (χ4v) is 2.98. The van der Waals surface area contributed by atoms with E-state index in [9.17, 15) is 0 Å². The Bertz CT molecular complexity index is 971. The van der Waals surface area contributed by atoms with E-state index in [1.807, 2.05) is 30.3 Å². The molecule has 4 aromatic rings. The van der Waals surface area contributed by atoms with Crippen molar-refractivity contribution in [3.63, 3.8) is 0 Å². The Morgan fingerprint density at radius 3 is 1.87 bits per heavy atom. The predicted octanol–water partition coefficient (Wildman–Crippen LogP) is 4.97. The molecule has 0 spiro atoms. The molecule has 0 aliphatic heterocycles. The van der Waals surface area contributed by atoms with Crippen LogP contribution in [0.5, 0.6) is 0 Å². The lowest BCUT2D eigenvalue weighted by Gasteiger charge is -2.10. The molecule has 0 aliphatic rings. The maximum absolute atomic E-state index is 6.15. The third-order valence-electron chi connectivity index (χ3n) is 4.15. The van der Waals surface area contributed by atoms with Crippen LogP contribution in [0, 0.1) is 0 Å². The topological polar surface area (TPSA) is 0 Å². The summed E-state index contributed by atoms with van der Waals surface area (Å²) in [6.07, 6.45) is 0. The van der Waals surface area contributed by atoms with Crippen molar-refractivity contribution in [1.29, 1.82) is 0 Å². The molecule has 0 saturated heterocycles.